The lowest BCUT2D eigenvalue weighted by Gasteiger charge is -2.30. The molecule has 3 heteroatoms. The zero-order valence-corrected chi connectivity index (χ0v) is 11.3. The van der Waals surface area contributed by atoms with E-state index < -0.39 is 6.10 Å². The van der Waals surface area contributed by atoms with E-state index in [4.69, 9.17) is 4.74 Å². The summed E-state index contributed by atoms with van der Waals surface area (Å²) in [4.78, 5) is 0. The Morgan fingerprint density at radius 2 is 1.95 bits per heavy atom. The first-order chi connectivity index (χ1) is 9.67. The van der Waals surface area contributed by atoms with E-state index in [1.54, 1.807) is 6.07 Å². The van der Waals surface area contributed by atoms with Crippen LogP contribution in [-0.2, 0) is 6.42 Å². The van der Waals surface area contributed by atoms with Crippen LogP contribution in [0.2, 0.25) is 0 Å². The summed E-state index contributed by atoms with van der Waals surface area (Å²) in [5.74, 6) is 0.0891. The summed E-state index contributed by atoms with van der Waals surface area (Å²) in [6.45, 7) is 2.11. The number of rotatable bonds is 2. The van der Waals surface area contributed by atoms with Gasteiger partial charge in [-0.05, 0) is 29.7 Å². The van der Waals surface area contributed by atoms with Crippen molar-refractivity contribution >= 4 is 0 Å². The predicted octanol–water partition coefficient (Wildman–Crippen LogP) is 3.95. The van der Waals surface area contributed by atoms with Crippen molar-refractivity contribution < 1.29 is 14.2 Å². The standard InChI is InChI=1S/C17H17FO2/c1-2-11-3-5-12(6-4-11)16-10-15(19)14-8-7-13(18)9-17(14)20-16/h3-9,15-16,19H,2,10H2,1H3/t15-,16?/m0/s1. The Morgan fingerprint density at radius 1 is 1.20 bits per heavy atom. The average molecular weight is 272 g/mol. The highest BCUT2D eigenvalue weighted by atomic mass is 19.1. The van der Waals surface area contributed by atoms with Gasteiger partial charge in [-0.1, -0.05) is 31.2 Å². The lowest BCUT2D eigenvalue weighted by molar-refractivity contribution is 0.0654. The van der Waals surface area contributed by atoms with E-state index in [2.05, 4.69) is 19.1 Å². The van der Waals surface area contributed by atoms with Gasteiger partial charge in [0.1, 0.15) is 17.7 Å². The molecule has 2 nitrogen and oxygen atoms in total. The lowest BCUT2D eigenvalue weighted by atomic mass is 9.94. The second kappa shape index (κ2) is 5.25. The topological polar surface area (TPSA) is 29.5 Å². The Balaban J connectivity index is 1.89. The minimum absolute atomic E-state index is 0.231. The molecule has 1 heterocycles. The molecule has 0 amide bonds. The summed E-state index contributed by atoms with van der Waals surface area (Å²) < 4.78 is 19.1. The van der Waals surface area contributed by atoms with Crippen molar-refractivity contribution in [2.75, 3.05) is 0 Å². The molecule has 0 radical (unpaired) electrons. The molecular weight excluding hydrogens is 255 g/mol. The van der Waals surface area contributed by atoms with Gasteiger partial charge in [0, 0.05) is 18.1 Å². The summed E-state index contributed by atoms with van der Waals surface area (Å²) in [6, 6.07) is 12.4. The molecule has 0 aromatic heterocycles. The largest absolute Gasteiger partial charge is 0.485 e. The molecule has 2 atom stereocenters. The van der Waals surface area contributed by atoms with E-state index in [0.717, 1.165) is 12.0 Å². The van der Waals surface area contributed by atoms with E-state index in [9.17, 15) is 9.50 Å². The quantitative estimate of drug-likeness (QED) is 0.897. The van der Waals surface area contributed by atoms with Gasteiger partial charge < -0.3 is 9.84 Å². The lowest BCUT2D eigenvalue weighted by Crippen LogP contribution is -2.19. The first-order valence-electron chi connectivity index (χ1n) is 6.90. The number of benzene rings is 2. The molecule has 1 N–H and O–H groups in total. The molecule has 1 unspecified atom stereocenters. The highest BCUT2D eigenvalue weighted by molar-refractivity contribution is 5.39. The van der Waals surface area contributed by atoms with E-state index in [1.165, 1.54) is 17.7 Å². The van der Waals surface area contributed by atoms with Crippen LogP contribution in [0.15, 0.2) is 42.5 Å². The molecule has 0 aliphatic carbocycles. The van der Waals surface area contributed by atoms with E-state index in [0.29, 0.717) is 17.7 Å². The number of hydrogen-bond donors (Lipinski definition) is 1. The van der Waals surface area contributed by atoms with Crippen LogP contribution in [0.4, 0.5) is 4.39 Å². The third-order valence-electron chi connectivity index (χ3n) is 3.80. The van der Waals surface area contributed by atoms with Gasteiger partial charge >= 0.3 is 0 Å². The van der Waals surface area contributed by atoms with Gasteiger partial charge in [-0.15, -0.1) is 0 Å². The van der Waals surface area contributed by atoms with Gasteiger partial charge in [0.15, 0.2) is 0 Å². The molecule has 0 saturated carbocycles. The maximum atomic E-state index is 13.3. The van der Waals surface area contributed by atoms with Crippen molar-refractivity contribution in [3.8, 4) is 5.75 Å². The van der Waals surface area contributed by atoms with E-state index in [1.807, 2.05) is 12.1 Å². The molecule has 104 valence electrons. The Hall–Kier alpha value is -1.87. The van der Waals surface area contributed by atoms with Crippen molar-refractivity contribution in [3.63, 3.8) is 0 Å². The first-order valence-corrected chi connectivity index (χ1v) is 6.90. The molecule has 0 bridgehead atoms. The van der Waals surface area contributed by atoms with Crippen molar-refractivity contribution in [1.82, 2.24) is 0 Å². The predicted molar refractivity (Wildman–Crippen MR) is 75.2 cm³/mol. The average Bonchev–Trinajstić information content (AvgIpc) is 2.46. The molecule has 0 fully saturated rings. The van der Waals surface area contributed by atoms with Crippen LogP contribution in [-0.4, -0.2) is 5.11 Å². The monoisotopic (exact) mass is 272 g/mol. The summed E-state index contributed by atoms with van der Waals surface area (Å²) in [5.41, 5.74) is 2.93. The highest BCUT2D eigenvalue weighted by Gasteiger charge is 2.28. The normalized spacial score (nSPS) is 21.1. The van der Waals surface area contributed by atoms with E-state index >= 15 is 0 Å². The van der Waals surface area contributed by atoms with Crippen LogP contribution in [0.5, 0.6) is 5.75 Å². The Labute approximate surface area is 117 Å². The molecule has 1 aliphatic heterocycles. The molecule has 2 aromatic rings. The van der Waals surface area contributed by atoms with Crippen molar-refractivity contribution in [2.24, 2.45) is 0 Å². The maximum Gasteiger partial charge on any atom is 0.128 e. The second-order valence-corrected chi connectivity index (χ2v) is 5.14. The van der Waals surface area contributed by atoms with E-state index in [-0.39, 0.29) is 11.9 Å². The Morgan fingerprint density at radius 3 is 2.65 bits per heavy atom. The van der Waals surface area contributed by atoms with Crippen LogP contribution in [0.1, 0.15) is 42.2 Å². The minimum Gasteiger partial charge on any atom is -0.485 e. The summed E-state index contributed by atoms with van der Waals surface area (Å²) in [5, 5.41) is 10.2. The number of halogens is 1. The van der Waals surface area contributed by atoms with Gasteiger partial charge in [-0.25, -0.2) is 4.39 Å². The van der Waals surface area contributed by atoms with Crippen molar-refractivity contribution in [3.05, 3.63) is 65.0 Å². The summed E-state index contributed by atoms with van der Waals surface area (Å²) >= 11 is 0. The maximum absolute atomic E-state index is 13.3. The van der Waals surface area contributed by atoms with Crippen molar-refractivity contribution in [2.45, 2.75) is 32.0 Å². The molecule has 0 spiro atoms. The number of aliphatic hydroxyl groups is 1. The number of hydrogen-bond acceptors (Lipinski definition) is 2. The fourth-order valence-corrected chi connectivity index (χ4v) is 2.59. The fraction of sp³-hybridized carbons (Fsp3) is 0.294. The van der Waals surface area contributed by atoms with Crippen molar-refractivity contribution in [1.29, 1.82) is 0 Å². The molecule has 2 aromatic carbocycles. The number of fused-ring (bicyclic) bond motifs is 1. The molecule has 3 rings (SSSR count). The van der Waals surface area contributed by atoms with Crippen LogP contribution in [0.3, 0.4) is 0 Å². The summed E-state index contributed by atoms with van der Waals surface area (Å²) in [6.07, 6.45) is 0.632. The van der Waals surface area contributed by atoms with Crippen LogP contribution < -0.4 is 4.74 Å². The SMILES string of the molecule is CCc1ccc(C2C[C@H](O)c3ccc(F)cc3O2)cc1. The minimum atomic E-state index is -0.616. The van der Waals surface area contributed by atoms with Gasteiger partial charge in [0.25, 0.3) is 0 Å². The van der Waals surface area contributed by atoms with Gasteiger partial charge in [-0.2, -0.15) is 0 Å². The third kappa shape index (κ3) is 2.41. The smallest absolute Gasteiger partial charge is 0.128 e. The number of aliphatic hydroxyl groups excluding tert-OH is 1. The highest BCUT2D eigenvalue weighted by Crippen LogP contribution is 2.40. The van der Waals surface area contributed by atoms with Gasteiger partial charge in [0.05, 0.1) is 6.10 Å². The molecule has 20 heavy (non-hydrogen) atoms. The second-order valence-electron chi connectivity index (χ2n) is 5.14. The van der Waals surface area contributed by atoms with Crippen LogP contribution in [0.25, 0.3) is 0 Å². The summed E-state index contributed by atoms with van der Waals surface area (Å²) in [7, 11) is 0. The third-order valence-corrected chi connectivity index (χ3v) is 3.80. The molecular formula is C17H17FO2. The van der Waals surface area contributed by atoms with Gasteiger partial charge in [0.2, 0.25) is 0 Å². The zero-order chi connectivity index (χ0) is 14.1. The Bertz CT molecular complexity index is 607. The number of ether oxygens (including phenoxy) is 1. The Kier molecular flexibility index (Phi) is 3.45. The van der Waals surface area contributed by atoms with Gasteiger partial charge in [-0.3, -0.25) is 0 Å². The zero-order valence-electron chi connectivity index (χ0n) is 11.3. The fourth-order valence-electron chi connectivity index (χ4n) is 2.59. The molecule has 1 aliphatic rings. The van der Waals surface area contributed by atoms with Crippen LogP contribution in [0, 0.1) is 5.82 Å². The van der Waals surface area contributed by atoms with Crippen LogP contribution >= 0.6 is 0 Å². The number of aryl methyl sites for hydroxylation is 1. The first kappa shape index (κ1) is 13.1. The molecule has 0 saturated heterocycles.